The van der Waals surface area contributed by atoms with Crippen LogP contribution in [0.2, 0.25) is 0 Å². The third-order valence-electron chi connectivity index (χ3n) is 2.74. The van der Waals surface area contributed by atoms with E-state index in [9.17, 15) is 9.90 Å². The fraction of sp³-hybridized carbons (Fsp3) is 0. The van der Waals surface area contributed by atoms with Crippen LogP contribution in [0, 0.1) is 0 Å². The largest absolute Gasteiger partial charge is 0.545 e. The van der Waals surface area contributed by atoms with Crippen molar-refractivity contribution >= 4 is 29.0 Å². The number of hydrogen-bond acceptors (Lipinski definition) is 4. The Kier molecular flexibility index (Phi) is 3.52. The topological polar surface area (TPSA) is 92.2 Å². The van der Waals surface area contributed by atoms with Crippen molar-refractivity contribution in [3.05, 3.63) is 59.7 Å². The molecular formula is C15H13N2O2-. The van der Waals surface area contributed by atoms with E-state index in [0.717, 1.165) is 0 Å². The van der Waals surface area contributed by atoms with E-state index >= 15 is 0 Å². The second-order valence-corrected chi connectivity index (χ2v) is 4.10. The Morgan fingerprint density at radius 1 is 1.00 bits per heavy atom. The summed E-state index contributed by atoms with van der Waals surface area (Å²) in [6.45, 7) is 0. The van der Waals surface area contributed by atoms with Gasteiger partial charge in [0.1, 0.15) is 0 Å². The number of nitrogen functional groups attached to an aromatic ring is 2. The van der Waals surface area contributed by atoms with E-state index < -0.39 is 5.97 Å². The van der Waals surface area contributed by atoms with Crippen molar-refractivity contribution in [2.24, 2.45) is 0 Å². The Morgan fingerprint density at radius 2 is 1.63 bits per heavy atom. The first kappa shape index (κ1) is 12.7. The van der Waals surface area contributed by atoms with Crippen molar-refractivity contribution in [1.29, 1.82) is 0 Å². The number of para-hydroxylation sites is 1. The van der Waals surface area contributed by atoms with E-state index in [2.05, 4.69) is 0 Å². The van der Waals surface area contributed by atoms with Gasteiger partial charge in [0.2, 0.25) is 0 Å². The number of nitrogens with two attached hydrogens (primary N) is 2. The van der Waals surface area contributed by atoms with Gasteiger partial charge in [-0.05, 0) is 35.4 Å². The predicted octanol–water partition coefficient (Wildman–Crippen LogP) is 1.14. The van der Waals surface area contributed by atoms with E-state index in [-0.39, 0.29) is 5.57 Å². The average molecular weight is 253 g/mol. The monoisotopic (exact) mass is 253 g/mol. The zero-order valence-electron chi connectivity index (χ0n) is 10.2. The van der Waals surface area contributed by atoms with E-state index in [4.69, 9.17) is 11.5 Å². The van der Waals surface area contributed by atoms with Crippen LogP contribution in [0.4, 0.5) is 11.4 Å². The summed E-state index contributed by atoms with van der Waals surface area (Å²) in [4.78, 5) is 11.2. The van der Waals surface area contributed by atoms with E-state index in [1.165, 1.54) is 6.08 Å². The first-order valence-corrected chi connectivity index (χ1v) is 5.71. The Labute approximate surface area is 111 Å². The maximum atomic E-state index is 11.2. The molecule has 0 spiro atoms. The lowest BCUT2D eigenvalue weighted by atomic mass is 10.0. The van der Waals surface area contributed by atoms with Crippen LogP contribution in [0.25, 0.3) is 11.6 Å². The molecule has 0 unspecified atom stereocenters. The highest BCUT2D eigenvalue weighted by atomic mass is 16.4. The molecule has 0 aliphatic carbocycles. The van der Waals surface area contributed by atoms with Gasteiger partial charge in [0.05, 0.1) is 5.97 Å². The van der Waals surface area contributed by atoms with E-state index in [1.54, 1.807) is 48.5 Å². The molecule has 0 radical (unpaired) electrons. The maximum absolute atomic E-state index is 11.2. The number of carboxylic acids is 1. The number of carbonyl (C=O) groups is 1. The van der Waals surface area contributed by atoms with E-state index in [1.807, 2.05) is 0 Å². The van der Waals surface area contributed by atoms with Gasteiger partial charge in [0.25, 0.3) is 0 Å². The van der Waals surface area contributed by atoms with Crippen LogP contribution in [-0.2, 0) is 4.79 Å². The molecule has 0 aliphatic heterocycles. The molecule has 4 nitrogen and oxygen atoms in total. The molecular weight excluding hydrogens is 240 g/mol. The number of carboxylic acid groups (broad SMARTS) is 1. The fourth-order valence-electron chi connectivity index (χ4n) is 1.72. The molecule has 0 saturated heterocycles. The minimum absolute atomic E-state index is 0.0675. The van der Waals surface area contributed by atoms with Gasteiger partial charge in [-0.1, -0.05) is 30.3 Å². The highest BCUT2D eigenvalue weighted by Gasteiger charge is 2.04. The zero-order valence-corrected chi connectivity index (χ0v) is 10.2. The van der Waals surface area contributed by atoms with Gasteiger partial charge in [0.15, 0.2) is 0 Å². The molecule has 2 rings (SSSR count). The molecule has 96 valence electrons. The molecule has 2 aromatic carbocycles. The summed E-state index contributed by atoms with van der Waals surface area (Å²) in [7, 11) is 0. The molecule has 0 fully saturated rings. The smallest absolute Gasteiger partial charge is 0.0721 e. The molecule has 0 aliphatic rings. The Balaban J connectivity index is 2.50. The number of hydrogen-bond donors (Lipinski definition) is 2. The molecule has 0 atom stereocenters. The summed E-state index contributed by atoms with van der Waals surface area (Å²) in [5.41, 5.74) is 13.7. The number of aliphatic carboxylic acids is 1. The number of anilines is 2. The predicted molar refractivity (Wildman–Crippen MR) is 74.6 cm³/mol. The highest BCUT2D eigenvalue weighted by molar-refractivity contribution is 6.20. The summed E-state index contributed by atoms with van der Waals surface area (Å²) in [6, 6.07) is 13.6. The zero-order chi connectivity index (χ0) is 13.8. The Hall–Kier alpha value is -2.75. The van der Waals surface area contributed by atoms with Gasteiger partial charge in [0, 0.05) is 16.9 Å². The van der Waals surface area contributed by atoms with Crippen molar-refractivity contribution in [1.82, 2.24) is 0 Å². The van der Waals surface area contributed by atoms with Crippen molar-refractivity contribution in [3.8, 4) is 0 Å². The summed E-state index contributed by atoms with van der Waals surface area (Å²) < 4.78 is 0. The minimum atomic E-state index is -1.26. The van der Waals surface area contributed by atoms with Gasteiger partial charge in [-0.15, -0.1) is 0 Å². The highest BCUT2D eigenvalue weighted by Crippen LogP contribution is 2.21. The number of rotatable bonds is 3. The number of carbonyl (C=O) groups excluding carboxylic acids is 1. The summed E-state index contributed by atoms with van der Waals surface area (Å²) in [5, 5.41) is 11.2. The summed E-state index contributed by atoms with van der Waals surface area (Å²) in [6.07, 6.45) is 1.50. The van der Waals surface area contributed by atoms with Crippen LogP contribution in [0.15, 0.2) is 48.5 Å². The quantitative estimate of drug-likeness (QED) is 0.487. The lowest BCUT2D eigenvalue weighted by molar-refractivity contribution is -0.295. The van der Waals surface area contributed by atoms with Crippen LogP contribution in [0.1, 0.15) is 11.1 Å². The maximum Gasteiger partial charge on any atom is 0.0721 e. The van der Waals surface area contributed by atoms with Crippen molar-refractivity contribution < 1.29 is 9.90 Å². The molecule has 0 amide bonds. The second-order valence-electron chi connectivity index (χ2n) is 4.10. The van der Waals surface area contributed by atoms with Gasteiger partial charge >= 0.3 is 0 Å². The Morgan fingerprint density at radius 3 is 2.21 bits per heavy atom. The average Bonchev–Trinajstić information content (AvgIpc) is 2.39. The second kappa shape index (κ2) is 5.27. The van der Waals surface area contributed by atoms with E-state index in [0.29, 0.717) is 22.5 Å². The van der Waals surface area contributed by atoms with Crippen LogP contribution in [0.3, 0.4) is 0 Å². The standard InChI is InChI=1S/C15H14N2O2/c16-12-7-5-10(6-8-12)13(15(18)19)9-11-3-1-2-4-14(11)17/h1-9H,16-17H2,(H,18,19)/p-1/b13-9+. The molecule has 2 aromatic rings. The normalized spacial score (nSPS) is 11.3. The first-order chi connectivity index (χ1) is 9.08. The minimum Gasteiger partial charge on any atom is -0.545 e. The summed E-state index contributed by atoms with van der Waals surface area (Å²) >= 11 is 0. The van der Waals surface area contributed by atoms with Crippen LogP contribution in [-0.4, -0.2) is 5.97 Å². The Bertz CT molecular complexity index is 631. The molecule has 0 aromatic heterocycles. The van der Waals surface area contributed by atoms with Crippen LogP contribution < -0.4 is 16.6 Å². The SMILES string of the molecule is Nc1ccc(/C(=C\c2ccccc2N)C(=O)[O-])cc1. The fourth-order valence-corrected chi connectivity index (χ4v) is 1.72. The van der Waals surface area contributed by atoms with Gasteiger partial charge < -0.3 is 21.4 Å². The summed E-state index contributed by atoms with van der Waals surface area (Å²) in [5.74, 6) is -1.26. The lowest BCUT2D eigenvalue weighted by Gasteiger charge is -2.10. The lowest BCUT2D eigenvalue weighted by Crippen LogP contribution is -2.23. The molecule has 4 heteroatoms. The van der Waals surface area contributed by atoms with Gasteiger partial charge in [-0.2, -0.15) is 0 Å². The van der Waals surface area contributed by atoms with Crippen LogP contribution >= 0.6 is 0 Å². The van der Waals surface area contributed by atoms with Crippen molar-refractivity contribution in [2.75, 3.05) is 11.5 Å². The van der Waals surface area contributed by atoms with Crippen LogP contribution in [0.5, 0.6) is 0 Å². The molecule has 0 heterocycles. The molecule has 0 saturated carbocycles. The molecule has 19 heavy (non-hydrogen) atoms. The molecule has 0 bridgehead atoms. The third kappa shape index (κ3) is 2.93. The van der Waals surface area contributed by atoms with Gasteiger partial charge in [-0.25, -0.2) is 0 Å². The van der Waals surface area contributed by atoms with Crippen molar-refractivity contribution in [2.45, 2.75) is 0 Å². The van der Waals surface area contributed by atoms with Crippen molar-refractivity contribution in [3.63, 3.8) is 0 Å². The molecule has 4 N–H and O–H groups in total. The van der Waals surface area contributed by atoms with Gasteiger partial charge in [-0.3, -0.25) is 0 Å². The third-order valence-corrected chi connectivity index (χ3v) is 2.74. The number of benzene rings is 2. The first-order valence-electron chi connectivity index (χ1n) is 5.71.